The smallest absolute Gasteiger partial charge is 0.200 e. The molecule has 0 bridgehead atoms. The molecule has 162 valence electrons. The van der Waals surface area contributed by atoms with Gasteiger partial charge >= 0.3 is 0 Å². The van der Waals surface area contributed by atoms with E-state index in [1.807, 2.05) is 12.1 Å². The van der Waals surface area contributed by atoms with Crippen molar-refractivity contribution in [3.63, 3.8) is 0 Å². The molecule has 6 rings (SSSR count). The van der Waals surface area contributed by atoms with E-state index in [4.69, 9.17) is 21.4 Å². The predicted octanol–water partition coefficient (Wildman–Crippen LogP) is 5.88. The first kappa shape index (κ1) is 19.8. The first-order valence-electron chi connectivity index (χ1n) is 11.4. The van der Waals surface area contributed by atoms with E-state index in [-0.39, 0.29) is 11.8 Å². The van der Waals surface area contributed by atoms with Gasteiger partial charge in [0.2, 0.25) is 5.72 Å². The van der Waals surface area contributed by atoms with Gasteiger partial charge < -0.3 is 4.74 Å². The van der Waals surface area contributed by atoms with Crippen molar-refractivity contribution in [1.82, 2.24) is 9.91 Å². The number of rotatable bonds is 3. The molecule has 0 N–H and O–H groups in total. The number of halogens is 1. The van der Waals surface area contributed by atoms with Crippen LogP contribution < -0.4 is 4.74 Å². The monoisotopic (exact) mass is 443 g/mol. The van der Waals surface area contributed by atoms with Gasteiger partial charge in [-0.1, -0.05) is 72.3 Å². The molecule has 1 spiro atoms. The molecule has 3 aromatic carbocycles. The molecule has 3 heterocycles. The van der Waals surface area contributed by atoms with Gasteiger partial charge in [-0.2, -0.15) is 5.10 Å². The first-order valence-corrected chi connectivity index (χ1v) is 11.7. The molecular formula is C27H26ClN3O. The highest BCUT2D eigenvalue weighted by Crippen LogP contribution is 2.50. The fraction of sp³-hybridized carbons (Fsp3) is 0.296. The highest BCUT2D eigenvalue weighted by atomic mass is 35.5. The lowest BCUT2D eigenvalue weighted by atomic mass is 9.90. The Balaban J connectivity index is 1.29. The third-order valence-corrected chi connectivity index (χ3v) is 7.22. The van der Waals surface area contributed by atoms with Gasteiger partial charge in [0.15, 0.2) is 0 Å². The summed E-state index contributed by atoms with van der Waals surface area (Å²) in [6.45, 7) is 2.97. The zero-order valence-corrected chi connectivity index (χ0v) is 18.7. The minimum absolute atomic E-state index is 0.214. The van der Waals surface area contributed by atoms with E-state index in [1.54, 1.807) is 0 Å². The predicted molar refractivity (Wildman–Crippen MR) is 128 cm³/mol. The third kappa shape index (κ3) is 3.48. The summed E-state index contributed by atoms with van der Waals surface area (Å²) in [6, 6.07) is 27.4. The summed E-state index contributed by atoms with van der Waals surface area (Å²) in [5.74, 6) is 1.01. The van der Waals surface area contributed by atoms with Crippen molar-refractivity contribution in [1.29, 1.82) is 0 Å². The summed E-state index contributed by atoms with van der Waals surface area (Å²) in [4.78, 5) is 2.53. The van der Waals surface area contributed by atoms with Crippen LogP contribution in [0.2, 0.25) is 5.02 Å². The quantitative estimate of drug-likeness (QED) is 0.506. The number of piperidine rings is 1. The number of hydrazone groups is 1. The van der Waals surface area contributed by atoms with E-state index in [1.165, 1.54) is 11.1 Å². The number of para-hydroxylation sites is 1. The molecule has 0 radical (unpaired) electrons. The van der Waals surface area contributed by atoms with Crippen molar-refractivity contribution in [3.8, 4) is 5.75 Å². The van der Waals surface area contributed by atoms with Crippen LogP contribution in [-0.2, 0) is 6.54 Å². The molecule has 0 saturated carbocycles. The molecule has 3 aliphatic heterocycles. The SMILES string of the molecule is Clc1ccc(C2=NN3[C@@H](C2)c2ccccc2OC32CCN(Cc3ccccc3)CC2)cc1. The number of hydrogen-bond donors (Lipinski definition) is 0. The molecule has 5 heteroatoms. The minimum Gasteiger partial charge on any atom is -0.466 e. The van der Waals surface area contributed by atoms with Gasteiger partial charge in [-0.3, -0.25) is 4.90 Å². The molecule has 1 saturated heterocycles. The molecule has 0 amide bonds. The second kappa shape index (κ2) is 7.95. The summed E-state index contributed by atoms with van der Waals surface area (Å²) in [6.07, 6.45) is 2.75. The van der Waals surface area contributed by atoms with Gasteiger partial charge in [0.05, 0.1) is 11.8 Å². The van der Waals surface area contributed by atoms with E-state index in [0.29, 0.717) is 0 Å². The maximum atomic E-state index is 6.75. The van der Waals surface area contributed by atoms with Gasteiger partial charge in [-0.05, 0) is 29.3 Å². The Morgan fingerprint density at radius 1 is 0.906 bits per heavy atom. The number of fused-ring (bicyclic) bond motifs is 4. The number of likely N-dealkylation sites (tertiary alicyclic amines) is 1. The summed E-state index contributed by atoms with van der Waals surface area (Å²) in [7, 11) is 0. The molecule has 1 atom stereocenters. The average molecular weight is 444 g/mol. The molecule has 3 aromatic rings. The van der Waals surface area contributed by atoms with Crippen molar-refractivity contribution >= 4 is 17.3 Å². The van der Waals surface area contributed by atoms with E-state index in [2.05, 4.69) is 76.6 Å². The Morgan fingerprint density at radius 2 is 1.62 bits per heavy atom. The summed E-state index contributed by atoms with van der Waals surface area (Å²) < 4.78 is 6.75. The Labute approximate surface area is 194 Å². The average Bonchev–Trinajstić information content (AvgIpc) is 3.29. The Hall–Kier alpha value is -2.82. The molecule has 0 aromatic heterocycles. The zero-order chi connectivity index (χ0) is 21.5. The van der Waals surface area contributed by atoms with Crippen molar-refractivity contribution < 1.29 is 4.74 Å². The standard InChI is InChI=1S/C27H26ClN3O/c28-22-12-10-21(11-13-22)24-18-25-23-8-4-5-9-26(23)32-27(31(25)29-24)14-16-30(17-15-27)19-20-6-2-1-3-7-20/h1-13,25H,14-19H2/t25-/m0/s1. The number of hydrogen-bond acceptors (Lipinski definition) is 4. The molecular weight excluding hydrogens is 418 g/mol. The molecule has 0 aliphatic carbocycles. The Kier molecular flexibility index (Phi) is 4.93. The van der Waals surface area contributed by atoms with Crippen LogP contribution >= 0.6 is 11.6 Å². The summed E-state index contributed by atoms with van der Waals surface area (Å²) in [5, 5.41) is 8.19. The number of benzene rings is 3. The molecule has 0 unspecified atom stereocenters. The van der Waals surface area contributed by atoms with Crippen molar-refractivity contribution in [2.24, 2.45) is 5.10 Å². The number of ether oxygens (including phenoxy) is 1. The first-order chi connectivity index (χ1) is 15.7. The lowest BCUT2D eigenvalue weighted by molar-refractivity contribution is -0.150. The highest BCUT2D eigenvalue weighted by Gasteiger charge is 2.51. The van der Waals surface area contributed by atoms with Gasteiger partial charge in [0.1, 0.15) is 5.75 Å². The van der Waals surface area contributed by atoms with Crippen LogP contribution in [0.3, 0.4) is 0 Å². The van der Waals surface area contributed by atoms with Crippen LogP contribution in [0.5, 0.6) is 5.75 Å². The molecule has 4 nitrogen and oxygen atoms in total. The van der Waals surface area contributed by atoms with Crippen molar-refractivity contribution in [2.75, 3.05) is 13.1 Å². The fourth-order valence-electron chi connectivity index (χ4n) is 5.28. The summed E-state index contributed by atoms with van der Waals surface area (Å²) in [5.41, 5.74) is 4.45. The fourth-order valence-corrected chi connectivity index (χ4v) is 5.40. The van der Waals surface area contributed by atoms with Gasteiger partial charge in [-0.25, -0.2) is 5.01 Å². The minimum atomic E-state index is -0.389. The van der Waals surface area contributed by atoms with Gasteiger partial charge in [0, 0.05) is 49.5 Å². The van der Waals surface area contributed by atoms with Crippen LogP contribution in [0.1, 0.15) is 42.0 Å². The van der Waals surface area contributed by atoms with Crippen LogP contribution in [0, 0.1) is 0 Å². The van der Waals surface area contributed by atoms with Crippen LogP contribution in [0.25, 0.3) is 0 Å². The summed E-state index contributed by atoms with van der Waals surface area (Å²) >= 11 is 6.12. The third-order valence-electron chi connectivity index (χ3n) is 6.97. The second-order valence-electron chi connectivity index (χ2n) is 8.97. The number of nitrogens with zero attached hydrogens (tertiary/aromatic N) is 3. The molecule has 1 fully saturated rings. The normalized spacial score (nSPS) is 21.6. The Bertz CT molecular complexity index is 1140. The van der Waals surface area contributed by atoms with E-state index >= 15 is 0 Å². The van der Waals surface area contributed by atoms with Gasteiger partial charge in [-0.15, -0.1) is 0 Å². The van der Waals surface area contributed by atoms with Crippen molar-refractivity contribution in [2.45, 2.75) is 37.6 Å². The van der Waals surface area contributed by atoms with Crippen LogP contribution in [0.15, 0.2) is 84.0 Å². The zero-order valence-electron chi connectivity index (χ0n) is 18.0. The maximum absolute atomic E-state index is 6.75. The topological polar surface area (TPSA) is 28.1 Å². The van der Waals surface area contributed by atoms with E-state index in [0.717, 1.165) is 60.9 Å². The lowest BCUT2D eigenvalue weighted by Crippen LogP contribution is -2.59. The Morgan fingerprint density at radius 3 is 2.41 bits per heavy atom. The second-order valence-corrected chi connectivity index (χ2v) is 9.40. The van der Waals surface area contributed by atoms with E-state index in [9.17, 15) is 0 Å². The lowest BCUT2D eigenvalue weighted by Gasteiger charge is -2.51. The highest BCUT2D eigenvalue weighted by molar-refractivity contribution is 6.30. The van der Waals surface area contributed by atoms with Gasteiger partial charge in [0.25, 0.3) is 0 Å². The van der Waals surface area contributed by atoms with E-state index < -0.39 is 0 Å². The molecule has 3 aliphatic rings. The van der Waals surface area contributed by atoms with Crippen molar-refractivity contribution in [3.05, 3.63) is 101 Å². The molecule has 32 heavy (non-hydrogen) atoms. The largest absolute Gasteiger partial charge is 0.466 e. The van der Waals surface area contributed by atoms with Crippen LogP contribution in [0.4, 0.5) is 0 Å². The maximum Gasteiger partial charge on any atom is 0.200 e. The van der Waals surface area contributed by atoms with Crippen LogP contribution in [-0.4, -0.2) is 34.4 Å².